The number of nitrogens with zero attached hydrogens (tertiary/aromatic N) is 1. The van der Waals surface area contributed by atoms with E-state index in [-0.39, 0.29) is 5.91 Å². The summed E-state index contributed by atoms with van der Waals surface area (Å²) < 4.78 is 0. The summed E-state index contributed by atoms with van der Waals surface area (Å²) in [5.41, 5.74) is 0.696. The number of benzene rings is 1. The summed E-state index contributed by atoms with van der Waals surface area (Å²) in [5.74, 6) is -0.304. The molecule has 0 bridgehead atoms. The molecule has 114 valence electrons. The molecule has 1 aromatic carbocycles. The molecular weight excluding hydrogens is 286 g/mol. The molecule has 2 rings (SSSR count). The number of thioether (sulfide) groups is 1. The van der Waals surface area contributed by atoms with Crippen molar-refractivity contribution >= 4 is 23.6 Å². The quantitative estimate of drug-likeness (QED) is 0.849. The van der Waals surface area contributed by atoms with Gasteiger partial charge in [-0.1, -0.05) is 19.1 Å². The van der Waals surface area contributed by atoms with Gasteiger partial charge in [0.1, 0.15) is 0 Å². The second-order valence-corrected chi connectivity index (χ2v) is 6.41. The first-order valence-electron chi connectivity index (χ1n) is 7.37. The Morgan fingerprint density at radius 1 is 1.38 bits per heavy atom. The summed E-state index contributed by atoms with van der Waals surface area (Å²) in [4.78, 5) is 26.5. The maximum Gasteiger partial charge on any atom is 0.308 e. The van der Waals surface area contributed by atoms with E-state index in [0.29, 0.717) is 25.1 Å². The molecule has 1 unspecified atom stereocenters. The minimum atomic E-state index is -0.804. The van der Waals surface area contributed by atoms with Crippen LogP contribution in [0.2, 0.25) is 0 Å². The third-order valence-corrected chi connectivity index (χ3v) is 4.92. The minimum Gasteiger partial charge on any atom is -0.481 e. The lowest BCUT2D eigenvalue weighted by atomic mass is 9.97. The van der Waals surface area contributed by atoms with E-state index in [1.165, 1.54) is 0 Å². The summed E-state index contributed by atoms with van der Waals surface area (Å²) in [5, 5.41) is 9.14. The Bertz CT molecular complexity index is 518. The molecule has 1 N–H and O–H groups in total. The first-order chi connectivity index (χ1) is 10.1. The molecule has 1 heterocycles. The highest BCUT2D eigenvalue weighted by Gasteiger charge is 2.29. The Morgan fingerprint density at radius 3 is 2.86 bits per heavy atom. The van der Waals surface area contributed by atoms with Gasteiger partial charge >= 0.3 is 5.97 Å². The molecule has 1 amide bonds. The Balaban J connectivity index is 2.14. The van der Waals surface area contributed by atoms with Crippen molar-refractivity contribution < 1.29 is 14.7 Å². The van der Waals surface area contributed by atoms with Gasteiger partial charge in [0.25, 0.3) is 5.91 Å². The van der Waals surface area contributed by atoms with Gasteiger partial charge in [0.15, 0.2) is 0 Å². The monoisotopic (exact) mass is 307 g/mol. The fourth-order valence-corrected chi connectivity index (χ4v) is 3.42. The summed E-state index contributed by atoms with van der Waals surface area (Å²) in [6.45, 7) is 3.08. The lowest BCUT2D eigenvalue weighted by Crippen LogP contribution is -2.42. The maximum atomic E-state index is 12.7. The molecule has 1 atom stereocenters. The molecule has 0 spiro atoms. The van der Waals surface area contributed by atoms with Crippen LogP contribution in [0.5, 0.6) is 0 Å². The zero-order valence-electron chi connectivity index (χ0n) is 12.2. The fourth-order valence-electron chi connectivity index (χ4n) is 2.51. The van der Waals surface area contributed by atoms with E-state index in [0.717, 1.165) is 23.5 Å². The van der Waals surface area contributed by atoms with Gasteiger partial charge in [-0.2, -0.15) is 0 Å². The fraction of sp³-hybridized carbons (Fsp3) is 0.500. The third kappa shape index (κ3) is 4.00. The van der Waals surface area contributed by atoms with Gasteiger partial charge in [-0.05, 0) is 37.1 Å². The van der Waals surface area contributed by atoms with Gasteiger partial charge in [-0.15, -0.1) is 11.8 Å². The predicted octanol–water partition coefficient (Wildman–Crippen LogP) is 3.13. The number of carboxylic acids is 1. The zero-order chi connectivity index (χ0) is 15.2. The highest BCUT2D eigenvalue weighted by Crippen LogP contribution is 2.26. The Kier molecular flexibility index (Phi) is 5.67. The molecule has 1 saturated heterocycles. The lowest BCUT2D eigenvalue weighted by Gasteiger charge is -2.31. The first kappa shape index (κ1) is 15.9. The second kappa shape index (κ2) is 7.50. The average molecular weight is 307 g/mol. The van der Waals surface area contributed by atoms with E-state index < -0.39 is 11.9 Å². The van der Waals surface area contributed by atoms with Gasteiger partial charge in [0, 0.05) is 18.0 Å². The summed E-state index contributed by atoms with van der Waals surface area (Å²) in [6, 6.07) is 7.60. The number of carboxylic acid groups (broad SMARTS) is 1. The van der Waals surface area contributed by atoms with E-state index in [1.807, 2.05) is 24.3 Å². The van der Waals surface area contributed by atoms with Crippen LogP contribution in [-0.2, 0) is 4.79 Å². The maximum absolute atomic E-state index is 12.7. The summed E-state index contributed by atoms with van der Waals surface area (Å²) in [7, 11) is 0. The summed E-state index contributed by atoms with van der Waals surface area (Å²) in [6.07, 6.45) is 2.47. The zero-order valence-corrected chi connectivity index (χ0v) is 13.1. The SMILES string of the molecule is CCCSc1ccccc1C(=O)N1CCCC(C(=O)O)C1. The van der Waals surface area contributed by atoms with Crippen LogP contribution in [0.1, 0.15) is 36.5 Å². The van der Waals surface area contributed by atoms with Crippen molar-refractivity contribution in [3.63, 3.8) is 0 Å². The van der Waals surface area contributed by atoms with Crippen LogP contribution < -0.4 is 0 Å². The van der Waals surface area contributed by atoms with Crippen molar-refractivity contribution in [2.75, 3.05) is 18.8 Å². The number of amides is 1. The normalized spacial score (nSPS) is 18.5. The number of carbonyl (C=O) groups excluding carboxylic acids is 1. The van der Waals surface area contributed by atoms with E-state index in [4.69, 9.17) is 5.11 Å². The van der Waals surface area contributed by atoms with Crippen LogP contribution in [0.4, 0.5) is 0 Å². The molecule has 1 aromatic rings. The number of rotatable bonds is 5. The molecule has 0 radical (unpaired) electrons. The van der Waals surface area contributed by atoms with Gasteiger partial charge in [-0.3, -0.25) is 9.59 Å². The standard InChI is InChI=1S/C16H21NO3S/c1-2-10-21-14-8-4-3-7-13(14)15(18)17-9-5-6-12(11-17)16(19)20/h3-4,7-8,12H,2,5-6,9-11H2,1H3,(H,19,20). The van der Waals surface area contributed by atoms with Crippen LogP contribution in [0, 0.1) is 5.92 Å². The van der Waals surface area contributed by atoms with Crippen LogP contribution in [0.15, 0.2) is 29.2 Å². The van der Waals surface area contributed by atoms with Gasteiger partial charge in [0.05, 0.1) is 11.5 Å². The first-order valence-corrected chi connectivity index (χ1v) is 8.36. The molecule has 4 nitrogen and oxygen atoms in total. The molecular formula is C16H21NO3S. The Hall–Kier alpha value is -1.49. The van der Waals surface area contributed by atoms with Crippen molar-refractivity contribution in [3.05, 3.63) is 29.8 Å². The van der Waals surface area contributed by atoms with Crippen LogP contribution in [-0.4, -0.2) is 40.7 Å². The number of hydrogen-bond donors (Lipinski definition) is 1. The second-order valence-electron chi connectivity index (χ2n) is 5.27. The van der Waals surface area contributed by atoms with Gasteiger partial charge < -0.3 is 10.0 Å². The predicted molar refractivity (Wildman–Crippen MR) is 83.7 cm³/mol. The molecule has 1 aliphatic rings. The highest BCUT2D eigenvalue weighted by atomic mass is 32.2. The Labute approximate surface area is 129 Å². The van der Waals surface area contributed by atoms with E-state index in [1.54, 1.807) is 16.7 Å². The van der Waals surface area contributed by atoms with Crippen molar-refractivity contribution in [1.82, 2.24) is 4.90 Å². The number of aliphatic carboxylic acids is 1. The van der Waals surface area contributed by atoms with E-state index in [9.17, 15) is 9.59 Å². The average Bonchev–Trinajstić information content (AvgIpc) is 2.52. The molecule has 0 saturated carbocycles. The largest absolute Gasteiger partial charge is 0.481 e. The van der Waals surface area contributed by atoms with E-state index in [2.05, 4.69) is 6.92 Å². The van der Waals surface area contributed by atoms with Gasteiger partial charge in [-0.25, -0.2) is 0 Å². The topological polar surface area (TPSA) is 57.6 Å². The number of piperidine rings is 1. The molecule has 1 aliphatic heterocycles. The highest BCUT2D eigenvalue weighted by molar-refractivity contribution is 7.99. The number of likely N-dealkylation sites (tertiary alicyclic amines) is 1. The minimum absolute atomic E-state index is 0.0415. The number of carbonyl (C=O) groups is 2. The van der Waals surface area contributed by atoms with Crippen molar-refractivity contribution in [3.8, 4) is 0 Å². The van der Waals surface area contributed by atoms with Gasteiger partial charge in [0.2, 0.25) is 0 Å². The van der Waals surface area contributed by atoms with Crippen LogP contribution in [0.25, 0.3) is 0 Å². The van der Waals surface area contributed by atoms with Crippen molar-refractivity contribution in [2.45, 2.75) is 31.1 Å². The van der Waals surface area contributed by atoms with Crippen molar-refractivity contribution in [2.24, 2.45) is 5.92 Å². The van der Waals surface area contributed by atoms with Crippen LogP contribution in [0.3, 0.4) is 0 Å². The molecule has 21 heavy (non-hydrogen) atoms. The lowest BCUT2D eigenvalue weighted by molar-refractivity contribution is -0.143. The molecule has 1 fully saturated rings. The molecule has 0 aliphatic carbocycles. The van der Waals surface area contributed by atoms with Crippen molar-refractivity contribution in [1.29, 1.82) is 0 Å². The molecule has 0 aromatic heterocycles. The van der Waals surface area contributed by atoms with Crippen LogP contribution >= 0.6 is 11.8 Å². The summed E-state index contributed by atoms with van der Waals surface area (Å²) >= 11 is 1.68. The molecule has 5 heteroatoms. The van der Waals surface area contributed by atoms with E-state index >= 15 is 0 Å². The third-order valence-electron chi connectivity index (χ3n) is 3.64. The Morgan fingerprint density at radius 2 is 2.14 bits per heavy atom. The number of hydrogen-bond acceptors (Lipinski definition) is 3. The smallest absolute Gasteiger partial charge is 0.308 e.